The first-order valence-corrected chi connectivity index (χ1v) is 14.8. The van der Waals surface area contributed by atoms with Crippen LogP contribution in [0.3, 0.4) is 0 Å². The molecule has 0 saturated carbocycles. The van der Waals surface area contributed by atoms with E-state index in [1.165, 1.54) is 21.2 Å². The van der Waals surface area contributed by atoms with E-state index in [0.29, 0.717) is 6.16 Å². The largest absolute Gasteiger partial charge is 0.390 e. The lowest BCUT2D eigenvalue weighted by Crippen LogP contribution is -2.42. The summed E-state index contributed by atoms with van der Waals surface area (Å²) in [7, 11) is -1.79. The quantitative estimate of drug-likeness (QED) is 0.241. The third-order valence-electron chi connectivity index (χ3n) is 6.07. The zero-order valence-electron chi connectivity index (χ0n) is 20.0. The maximum Gasteiger partial charge on any atom is 0.0912 e. The van der Waals surface area contributed by atoms with Crippen molar-refractivity contribution < 1.29 is 10.2 Å². The Labute approximate surface area is 211 Å². The third-order valence-corrected chi connectivity index (χ3v) is 11.7. The van der Waals surface area contributed by atoms with Gasteiger partial charge in [-0.3, -0.25) is 0 Å². The number of aliphatic hydroxyl groups is 2. The van der Waals surface area contributed by atoms with Crippen molar-refractivity contribution in [2.45, 2.75) is 24.8 Å². The third kappa shape index (κ3) is 6.35. The molecule has 0 heterocycles. The minimum atomic E-state index is -0.961. The van der Waals surface area contributed by atoms with Crippen LogP contribution >= 0.6 is 15.8 Å². The van der Waals surface area contributed by atoms with Gasteiger partial charge in [0.2, 0.25) is 0 Å². The monoisotopic (exact) mass is 498 g/mol. The number of benzene rings is 4. The van der Waals surface area contributed by atoms with Crippen LogP contribution in [0.4, 0.5) is 0 Å². The number of rotatable bonds is 10. The van der Waals surface area contributed by atoms with Crippen molar-refractivity contribution in [1.29, 1.82) is 0 Å². The van der Waals surface area contributed by atoms with Crippen LogP contribution in [0.25, 0.3) is 0 Å². The van der Waals surface area contributed by atoms with E-state index in [-0.39, 0.29) is 5.66 Å². The van der Waals surface area contributed by atoms with Gasteiger partial charge in [-0.2, -0.15) is 0 Å². The lowest BCUT2D eigenvalue weighted by atomic mass is 10.1. The Hall–Kier alpha value is -2.60. The van der Waals surface area contributed by atoms with Gasteiger partial charge in [-0.15, -0.1) is 0 Å². The molecule has 0 spiro atoms. The van der Waals surface area contributed by atoms with Crippen LogP contribution in [-0.2, 0) is 0 Å². The second kappa shape index (κ2) is 12.4. The van der Waals surface area contributed by atoms with Gasteiger partial charge in [-0.05, 0) is 44.0 Å². The summed E-state index contributed by atoms with van der Waals surface area (Å²) in [5.41, 5.74) is 0.618. The van der Waals surface area contributed by atoms with Crippen LogP contribution in [0, 0.1) is 0 Å². The van der Waals surface area contributed by atoms with E-state index < -0.39 is 28.1 Å². The van der Waals surface area contributed by atoms with Crippen molar-refractivity contribution in [1.82, 2.24) is 0 Å². The van der Waals surface area contributed by atoms with E-state index in [9.17, 15) is 10.2 Å². The first-order chi connectivity index (χ1) is 17.1. The van der Waals surface area contributed by atoms with Gasteiger partial charge in [0.25, 0.3) is 0 Å². The van der Waals surface area contributed by atoms with Crippen LogP contribution in [0.2, 0.25) is 0 Å². The van der Waals surface area contributed by atoms with Crippen LogP contribution in [0.15, 0.2) is 133 Å². The summed E-state index contributed by atoms with van der Waals surface area (Å²) < 4.78 is 0. The first kappa shape index (κ1) is 25.5. The second-order valence-corrected chi connectivity index (χ2v) is 13.3. The molecule has 3 atom stereocenters. The summed E-state index contributed by atoms with van der Waals surface area (Å²) in [6.07, 6.45) is -1.33. The molecule has 4 aromatic rings. The molecule has 4 aromatic carbocycles. The molecule has 178 valence electrons. The molecule has 0 saturated heterocycles. The van der Waals surface area contributed by atoms with Crippen LogP contribution in [-0.4, -0.2) is 34.2 Å². The zero-order chi connectivity index (χ0) is 24.6. The van der Waals surface area contributed by atoms with Gasteiger partial charge in [0.1, 0.15) is 0 Å². The Balaban J connectivity index is 1.68. The predicted octanol–water partition coefficient (Wildman–Crippen LogP) is 4.92. The molecule has 0 fully saturated rings. The van der Waals surface area contributed by atoms with Gasteiger partial charge in [0.05, 0.1) is 12.2 Å². The molecular weight excluding hydrogens is 466 g/mol. The SMILES string of the molecule is C=C(C)C(C(O)C(O)CP(c1ccccc1)c1ccccc1)P(c1ccccc1)c1ccccc1. The Kier molecular flexibility index (Phi) is 9.02. The summed E-state index contributed by atoms with van der Waals surface area (Å²) in [4.78, 5) is 0. The molecule has 0 amide bonds. The van der Waals surface area contributed by atoms with Crippen LogP contribution in [0.1, 0.15) is 6.92 Å². The molecule has 2 N–H and O–H groups in total. The molecule has 2 nitrogen and oxygen atoms in total. The summed E-state index contributed by atoms with van der Waals surface area (Å²) in [6.45, 7) is 6.25. The minimum Gasteiger partial charge on any atom is -0.390 e. The van der Waals surface area contributed by atoms with E-state index in [1.54, 1.807) is 0 Å². The minimum absolute atomic E-state index is 0.270. The van der Waals surface area contributed by atoms with Crippen LogP contribution in [0.5, 0.6) is 0 Å². The molecule has 0 aliphatic rings. The summed E-state index contributed by atoms with van der Waals surface area (Å²) >= 11 is 0. The van der Waals surface area contributed by atoms with Gasteiger partial charge < -0.3 is 10.2 Å². The van der Waals surface area contributed by atoms with Gasteiger partial charge >= 0.3 is 0 Å². The molecule has 0 aliphatic carbocycles. The van der Waals surface area contributed by atoms with Crippen molar-refractivity contribution in [3.8, 4) is 0 Å². The molecular formula is C31H32O2P2. The standard InChI is InChI=1S/C31H32O2P2/c1-24(2)31(35(27-19-11-5-12-20-27)28-21-13-6-14-22-28)30(33)29(32)23-34(25-15-7-3-8-16-25)26-17-9-4-10-18-26/h3-22,29-33H,1,23H2,2H3. The molecule has 4 rings (SSSR count). The number of aliphatic hydroxyl groups excluding tert-OH is 2. The lowest BCUT2D eigenvalue weighted by Gasteiger charge is -2.36. The fourth-order valence-corrected chi connectivity index (χ4v) is 9.64. The average molecular weight is 499 g/mol. The highest BCUT2D eigenvalue weighted by Crippen LogP contribution is 2.46. The van der Waals surface area contributed by atoms with Gasteiger partial charge in [0, 0.05) is 11.8 Å². The predicted molar refractivity (Wildman–Crippen MR) is 154 cm³/mol. The Morgan fingerprint density at radius 2 is 0.971 bits per heavy atom. The highest BCUT2D eigenvalue weighted by atomic mass is 31.1. The van der Waals surface area contributed by atoms with E-state index in [1.807, 2.05) is 79.7 Å². The first-order valence-electron chi connectivity index (χ1n) is 11.8. The fourth-order valence-electron chi connectivity index (χ4n) is 4.39. The fraction of sp³-hybridized carbons (Fsp3) is 0.161. The van der Waals surface area contributed by atoms with Crippen molar-refractivity contribution >= 4 is 37.1 Å². The van der Waals surface area contributed by atoms with E-state index in [2.05, 4.69) is 55.1 Å². The van der Waals surface area contributed by atoms with E-state index in [0.717, 1.165) is 5.57 Å². The van der Waals surface area contributed by atoms with Crippen molar-refractivity contribution in [3.05, 3.63) is 133 Å². The second-order valence-electron chi connectivity index (χ2n) is 8.67. The smallest absolute Gasteiger partial charge is 0.0912 e. The molecule has 3 unspecified atom stereocenters. The number of hydrogen-bond donors (Lipinski definition) is 2. The molecule has 0 bridgehead atoms. The maximum atomic E-state index is 11.7. The molecule has 0 radical (unpaired) electrons. The van der Waals surface area contributed by atoms with E-state index >= 15 is 0 Å². The Morgan fingerprint density at radius 1 is 0.629 bits per heavy atom. The van der Waals surface area contributed by atoms with Crippen molar-refractivity contribution in [2.75, 3.05) is 6.16 Å². The van der Waals surface area contributed by atoms with Gasteiger partial charge in [0.15, 0.2) is 0 Å². The molecule has 0 aromatic heterocycles. The zero-order valence-corrected chi connectivity index (χ0v) is 21.8. The van der Waals surface area contributed by atoms with Crippen LogP contribution < -0.4 is 21.2 Å². The van der Waals surface area contributed by atoms with Gasteiger partial charge in [-0.1, -0.05) is 133 Å². The molecule has 4 heteroatoms. The van der Waals surface area contributed by atoms with Crippen molar-refractivity contribution in [3.63, 3.8) is 0 Å². The Morgan fingerprint density at radius 3 is 1.31 bits per heavy atom. The summed E-state index contributed by atoms with van der Waals surface area (Å²) in [5.74, 6) is 0. The van der Waals surface area contributed by atoms with Gasteiger partial charge in [-0.25, -0.2) is 0 Å². The summed E-state index contributed by atoms with van der Waals surface area (Å²) in [5, 5.41) is 27.9. The number of hydrogen-bond acceptors (Lipinski definition) is 2. The van der Waals surface area contributed by atoms with Crippen molar-refractivity contribution in [2.24, 2.45) is 0 Å². The molecule has 35 heavy (non-hydrogen) atoms. The highest BCUT2D eigenvalue weighted by Gasteiger charge is 2.36. The van der Waals surface area contributed by atoms with E-state index in [4.69, 9.17) is 0 Å². The maximum absolute atomic E-state index is 11.7. The normalized spacial score (nSPS) is 14.0. The lowest BCUT2D eigenvalue weighted by molar-refractivity contribution is 0.0373. The average Bonchev–Trinajstić information content (AvgIpc) is 2.91. The Bertz CT molecular complexity index is 1100. The molecule has 0 aliphatic heterocycles. The highest BCUT2D eigenvalue weighted by molar-refractivity contribution is 7.74. The summed E-state index contributed by atoms with van der Waals surface area (Å²) in [6, 6.07) is 41.3. The topological polar surface area (TPSA) is 40.5 Å².